The molecule has 0 radical (unpaired) electrons. The van der Waals surface area contributed by atoms with Crippen molar-refractivity contribution in [3.63, 3.8) is 0 Å². The standard InChI is InChI=1S/C20H21FN2O3/c1-2-26-18-8-6-15(7-9-18)19(24)22-10-12-23(13-11-22)20(25)16-4-3-5-17(21)14-16/h3-9,14H,2,10-13H2,1H3. The lowest BCUT2D eigenvalue weighted by atomic mass is 10.1. The summed E-state index contributed by atoms with van der Waals surface area (Å²) in [7, 11) is 0. The third-order valence-corrected chi connectivity index (χ3v) is 4.34. The average Bonchev–Trinajstić information content (AvgIpc) is 2.68. The summed E-state index contributed by atoms with van der Waals surface area (Å²) in [6, 6.07) is 12.7. The van der Waals surface area contributed by atoms with Crippen LogP contribution in [-0.4, -0.2) is 54.4 Å². The average molecular weight is 356 g/mol. The Labute approximate surface area is 152 Å². The zero-order chi connectivity index (χ0) is 18.5. The molecule has 1 fully saturated rings. The van der Waals surface area contributed by atoms with Gasteiger partial charge in [0.15, 0.2) is 0 Å². The highest BCUT2D eigenvalue weighted by Gasteiger charge is 2.25. The van der Waals surface area contributed by atoms with Gasteiger partial charge in [0.1, 0.15) is 11.6 Å². The fourth-order valence-electron chi connectivity index (χ4n) is 2.96. The van der Waals surface area contributed by atoms with Gasteiger partial charge in [-0.05, 0) is 49.4 Å². The van der Waals surface area contributed by atoms with Crippen molar-refractivity contribution in [1.29, 1.82) is 0 Å². The van der Waals surface area contributed by atoms with Crippen molar-refractivity contribution in [1.82, 2.24) is 9.80 Å². The Morgan fingerprint density at radius 3 is 2.04 bits per heavy atom. The summed E-state index contributed by atoms with van der Waals surface area (Å²) in [5.41, 5.74) is 0.926. The molecule has 0 bridgehead atoms. The number of carbonyl (C=O) groups excluding carboxylic acids is 2. The Hall–Kier alpha value is -2.89. The number of hydrogen-bond donors (Lipinski definition) is 0. The molecule has 0 spiro atoms. The maximum absolute atomic E-state index is 13.3. The molecule has 2 amide bonds. The Bertz CT molecular complexity index is 784. The smallest absolute Gasteiger partial charge is 0.254 e. The van der Waals surface area contributed by atoms with E-state index in [1.807, 2.05) is 6.92 Å². The third kappa shape index (κ3) is 4.02. The first-order valence-electron chi connectivity index (χ1n) is 8.65. The molecular formula is C20H21FN2O3. The molecule has 5 nitrogen and oxygen atoms in total. The van der Waals surface area contributed by atoms with Gasteiger partial charge in [-0.2, -0.15) is 0 Å². The van der Waals surface area contributed by atoms with Crippen LogP contribution in [0.1, 0.15) is 27.6 Å². The molecule has 0 aliphatic carbocycles. The molecular weight excluding hydrogens is 335 g/mol. The van der Waals surface area contributed by atoms with Crippen LogP contribution in [0.3, 0.4) is 0 Å². The fraction of sp³-hybridized carbons (Fsp3) is 0.300. The summed E-state index contributed by atoms with van der Waals surface area (Å²) in [5, 5.41) is 0. The number of ether oxygens (including phenoxy) is 1. The number of carbonyl (C=O) groups is 2. The maximum Gasteiger partial charge on any atom is 0.254 e. The molecule has 1 saturated heterocycles. The van der Waals surface area contributed by atoms with E-state index in [1.165, 1.54) is 18.2 Å². The Kier molecular flexibility index (Phi) is 5.51. The molecule has 6 heteroatoms. The minimum atomic E-state index is -0.430. The molecule has 0 aromatic heterocycles. The van der Waals surface area contributed by atoms with Gasteiger partial charge in [0.2, 0.25) is 0 Å². The summed E-state index contributed by atoms with van der Waals surface area (Å²) >= 11 is 0. The largest absolute Gasteiger partial charge is 0.494 e. The Morgan fingerprint density at radius 2 is 1.50 bits per heavy atom. The molecule has 1 aliphatic rings. The zero-order valence-corrected chi connectivity index (χ0v) is 14.7. The first kappa shape index (κ1) is 17.9. The van der Waals surface area contributed by atoms with Gasteiger partial charge in [0.05, 0.1) is 6.61 Å². The van der Waals surface area contributed by atoms with Crippen LogP contribution in [-0.2, 0) is 0 Å². The van der Waals surface area contributed by atoms with Crippen molar-refractivity contribution in [3.8, 4) is 5.75 Å². The van der Waals surface area contributed by atoms with Gasteiger partial charge in [-0.15, -0.1) is 0 Å². The van der Waals surface area contributed by atoms with E-state index in [0.717, 1.165) is 5.75 Å². The van der Waals surface area contributed by atoms with Gasteiger partial charge in [-0.3, -0.25) is 9.59 Å². The second kappa shape index (κ2) is 7.99. The van der Waals surface area contributed by atoms with Crippen LogP contribution in [0.15, 0.2) is 48.5 Å². The van der Waals surface area contributed by atoms with Crippen LogP contribution in [0.25, 0.3) is 0 Å². The summed E-state index contributed by atoms with van der Waals surface area (Å²) in [6.45, 7) is 4.24. The van der Waals surface area contributed by atoms with Crippen molar-refractivity contribution in [2.75, 3.05) is 32.8 Å². The number of amides is 2. The predicted octanol–water partition coefficient (Wildman–Crippen LogP) is 2.82. The van der Waals surface area contributed by atoms with Crippen molar-refractivity contribution >= 4 is 11.8 Å². The molecule has 3 rings (SSSR count). The molecule has 0 N–H and O–H groups in total. The van der Waals surface area contributed by atoms with Crippen LogP contribution in [0.4, 0.5) is 4.39 Å². The molecule has 26 heavy (non-hydrogen) atoms. The number of benzene rings is 2. The van der Waals surface area contributed by atoms with Crippen molar-refractivity contribution in [2.45, 2.75) is 6.92 Å². The SMILES string of the molecule is CCOc1ccc(C(=O)N2CCN(C(=O)c3cccc(F)c3)CC2)cc1. The molecule has 2 aromatic rings. The Balaban J connectivity index is 1.59. The third-order valence-electron chi connectivity index (χ3n) is 4.34. The van der Waals surface area contributed by atoms with E-state index < -0.39 is 5.82 Å². The van der Waals surface area contributed by atoms with Crippen LogP contribution in [0.2, 0.25) is 0 Å². The normalized spacial score (nSPS) is 14.2. The van der Waals surface area contributed by atoms with Crippen molar-refractivity contribution in [2.24, 2.45) is 0 Å². The lowest BCUT2D eigenvalue weighted by Crippen LogP contribution is -2.50. The number of hydrogen-bond acceptors (Lipinski definition) is 3. The van der Waals surface area contributed by atoms with Crippen molar-refractivity contribution < 1.29 is 18.7 Å². The second-order valence-corrected chi connectivity index (χ2v) is 6.05. The number of piperazine rings is 1. The molecule has 136 valence electrons. The molecule has 1 heterocycles. The monoisotopic (exact) mass is 356 g/mol. The highest BCUT2D eigenvalue weighted by atomic mass is 19.1. The van der Waals surface area contributed by atoms with E-state index >= 15 is 0 Å². The number of nitrogens with zero attached hydrogens (tertiary/aromatic N) is 2. The quantitative estimate of drug-likeness (QED) is 0.846. The summed E-state index contributed by atoms with van der Waals surface area (Å²) in [5.74, 6) is 0.0262. The van der Waals surface area contributed by atoms with Gasteiger partial charge >= 0.3 is 0 Å². The van der Waals surface area contributed by atoms with Crippen LogP contribution in [0, 0.1) is 5.82 Å². The first-order chi connectivity index (χ1) is 12.6. The summed E-state index contributed by atoms with van der Waals surface area (Å²) in [6.07, 6.45) is 0. The highest BCUT2D eigenvalue weighted by Crippen LogP contribution is 2.16. The van der Waals surface area contributed by atoms with Crippen molar-refractivity contribution in [3.05, 3.63) is 65.5 Å². The molecule has 0 atom stereocenters. The highest BCUT2D eigenvalue weighted by molar-refractivity contribution is 5.96. The topological polar surface area (TPSA) is 49.9 Å². The van der Waals surface area contributed by atoms with Crippen LogP contribution >= 0.6 is 0 Å². The lowest BCUT2D eigenvalue weighted by molar-refractivity contribution is 0.0535. The van der Waals surface area contributed by atoms with Gasteiger partial charge in [-0.1, -0.05) is 6.07 Å². The van der Waals surface area contributed by atoms with E-state index in [0.29, 0.717) is 43.9 Å². The van der Waals surface area contributed by atoms with E-state index in [1.54, 1.807) is 40.1 Å². The zero-order valence-electron chi connectivity index (χ0n) is 14.7. The Morgan fingerprint density at radius 1 is 0.923 bits per heavy atom. The maximum atomic E-state index is 13.3. The summed E-state index contributed by atoms with van der Waals surface area (Å²) < 4.78 is 18.7. The van der Waals surface area contributed by atoms with Crippen LogP contribution < -0.4 is 4.74 Å². The van der Waals surface area contributed by atoms with Gasteiger partial charge in [-0.25, -0.2) is 4.39 Å². The second-order valence-electron chi connectivity index (χ2n) is 6.05. The minimum Gasteiger partial charge on any atom is -0.494 e. The molecule has 1 aliphatic heterocycles. The lowest BCUT2D eigenvalue weighted by Gasteiger charge is -2.35. The van der Waals surface area contributed by atoms with E-state index in [2.05, 4.69) is 0 Å². The molecule has 2 aromatic carbocycles. The number of halogens is 1. The van der Waals surface area contributed by atoms with Crippen LogP contribution in [0.5, 0.6) is 5.75 Å². The molecule has 0 saturated carbocycles. The van der Waals surface area contributed by atoms with Gasteiger partial charge in [0.25, 0.3) is 11.8 Å². The van der Waals surface area contributed by atoms with Gasteiger partial charge in [0, 0.05) is 37.3 Å². The van der Waals surface area contributed by atoms with E-state index in [9.17, 15) is 14.0 Å². The van der Waals surface area contributed by atoms with E-state index in [4.69, 9.17) is 4.74 Å². The number of rotatable bonds is 4. The predicted molar refractivity (Wildman–Crippen MR) is 95.8 cm³/mol. The first-order valence-corrected chi connectivity index (χ1v) is 8.65. The molecule has 0 unspecified atom stereocenters. The van der Waals surface area contributed by atoms with Gasteiger partial charge < -0.3 is 14.5 Å². The minimum absolute atomic E-state index is 0.0640. The fourth-order valence-corrected chi connectivity index (χ4v) is 2.96. The van der Waals surface area contributed by atoms with E-state index in [-0.39, 0.29) is 11.8 Å². The summed E-state index contributed by atoms with van der Waals surface area (Å²) in [4.78, 5) is 28.4.